The second-order valence-corrected chi connectivity index (χ2v) is 6.20. The average Bonchev–Trinajstić information content (AvgIpc) is 3.00. The maximum Gasteiger partial charge on any atom is 0.241 e. The van der Waals surface area contributed by atoms with Crippen LogP contribution < -0.4 is 5.32 Å². The molecule has 6 heteroatoms. The Balaban J connectivity index is 1.92. The largest absolute Gasteiger partial charge is 0.353 e. The molecule has 0 aliphatic carbocycles. The quantitative estimate of drug-likeness (QED) is 0.888. The second-order valence-electron chi connectivity index (χ2n) is 5.42. The molecule has 0 aromatic carbocycles. The Kier molecular flexibility index (Phi) is 5.14. The van der Waals surface area contributed by atoms with E-state index in [2.05, 4.69) is 32.1 Å². The van der Waals surface area contributed by atoms with Crippen molar-refractivity contribution in [2.75, 3.05) is 20.6 Å². The van der Waals surface area contributed by atoms with Crippen molar-refractivity contribution >= 4 is 17.2 Å². The summed E-state index contributed by atoms with van der Waals surface area (Å²) in [4.78, 5) is 14.2. The van der Waals surface area contributed by atoms with Crippen molar-refractivity contribution in [1.82, 2.24) is 20.0 Å². The number of carbonyl (C=O) groups excluding carboxylic acids is 1. The van der Waals surface area contributed by atoms with Crippen LogP contribution in [0.15, 0.2) is 22.9 Å². The average molecular weight is 306 g/mol. The highest BCUT2D eigenvalue weighted by atomic mass is 32.1. The van der Waals surface area contributed by atoms with Crippen LogP contribution in [0.3, 0.4) is 0 Å². The SMILES string of the molecule is Cc1cc(C)n(CC(=O)NC[C@H](c2ccsc2)N(C)C)n1. The number of nitrogens with one attached hydrogen (secondary N) is 1. The van der Waals surface area contributed by atoms with E-state index in [1.54, 1.807) is 16.0 Å². The molecule has 0 aliphatic rings. The third kappa shape index (κ3) is 4.15. The summed E-state index contributed by atoms with van der Waals surface area (Å²) in [5.41, 5.74) is 3.17. The Hall–Kier alpha value is -1.66. The van der Waals surface area contributed by atoms with Gasteiger partial charge >= 0.3 is 0 Å². The molecule has 0 radical (unpaired) electrons. The summed E-state index contributed by atoms with van der Waals surface area (Å²) in [6, 6.07) is 4.27. The summed E-state index contributed by atoms with van der Waals surface area (Å²) in [5.74, 6) is -0.0109. The van der Waals surface area contributed by atoms with E-state index in [9.17, 15) is 4.79 Å². The molecule has 114 valence electrons. The van der Waals surface area contributed by atoms with Gasteiger partial charge in [-0.3, -0.25) is 9.48 Å². The van der Waals surface area contributed by atoms with E-state index in [1.807, 2.05) is 34.0 Å². The van der Waals surface area contributed by atoms with Gasteiger partial charge in [-0.15, -0.1) is 0 Å². The maximum absolute atomic E-state index is 12.1. The Morgan fingerprint density at radius 2 is 2.24 bits per heavy atom. The maximum atomic E-state index is 12.1. The number of hydrogen-bond acceptors (Lipinski definition) is 4. The van der Waals surface area contributed by atoms with Gasteiger partial charge in [-0.05, 0) is 56.4 Å². The Bertz CT molecular complexity index is 589. The van der Waals surface area contributed by atoms with Gasteiger partial charge in [-0.2, -0.15) is 16.4 Å². The summed E-state index contributed by atoms with van der Waals surface area (Å²) in [5, 5.41) is 11.5. The lowest BCUT2D eigenvalue weighted by molar-refractivity contribution is -0.122. The first-order chi connectivity index (χ1) is 9.97. The van der Waals surface area contributed by atoms with Crippen LogP contribution in [0, 0.1) is 13.8 Å². The first kappa shape index (κ1) is 15.7. The van der Waals surface area contributed by atoms with Crippen molar-refractivity contribution in [3.05, 3.63) is 39.8 Å². The van der Waals surface area contributed by atoms with Crippen molar-refractivity contribution in [3.63, 3.8) is 0 Å². The van der Waals surface area contributed by atoms with Crippen molar-refractivity contribution < 1.29 is 4.79 Å². The van der Waals surface area contributed by atoms with E-state index in [0.29, 0.717) is 6.54 Å². The molecule has 1 N–H and O–H groups in total. The van der Waals surface area contributed by atoms with Crippen LogP contribution in [0.2, 0.25) is 0 Å². The number of hydrogen-bond donors (Lipinski definition) is 1. The minimum atomic E-state index is -0.0109. The van der Waals surface area contributed by atoms with Crippen molar-refractivity contribution in [2.24, 2.45) is 0 Å². The number of likely N-dealkylation sites (N-methyl/N-ethyl adjacent to an activating group) is 1. The van der Waals surface area contributed by atoms with E-state index in [0.717, 1.165) is 11.4 Å². The minimum Gasteiger partial charge on any atom is -0.353 e. The fourth-order valence-electron chi connectivity index (χ4n) is 2.30. The van der Waals surface area contributed by atoms with Gasteiger partial charge < -0.3 is 10.2 Å². The first-order valence-corrected chi connectivity index (χ1v) is 7.88. The Labute approximate surface area is 129 Å². The number of nitrogens with zero attached hydrogens (tertiary/aromatic N) is 3. The minimum absolute atomic E-state index is 0.0109. The van der Waals surface area contributed by atoms with Gasteiger partial charge in [0.1, 0.15) is 6.54 Å². The summed E-state index contributed by atoms with van der Waals surface area (Å²) < 4.78 is 1.74. The zero-order chi connectivity index (χ0) is 15.4. The molecule has 0 bridgehead atoms. The van der Waals surface area contributed by atoms with Gasteiger partial charge in [0.25, 0.3) is 0 Å². The molecule has 2 aromatic heterocycles. The number of amides is 1. The summed E-state index contributed by atoms with van der Waals surface area (Å²) >= 11 is 1.67. The standard InChI is InChI=1S/C15H22N4OS/c1-11-7-12(2)19(17-11)9-15(20)16-8-14(18(3)4)13-5-6-21-10-13/h5-7,10,14H,8-9H2,1-4H3,(H,16,20)/t14-/m1/s1. The van der Waals surface area contributed by atoms with E-state index in [1.165, 1.54) is 5.56 Å². The molecule has 0 fully saturated rings. The molecule has 1 atom stereocenters. The molecule has 21 heavy (non-hydrogen) atoms. The van der Waals surface area contributed by atoms with Gasteiger partial charge in [0.05, 0.1) is 11.7 Å². The lowest BCUT2D eigenvalue weighted by atomic mass is 10.1. The van der Waals surface area contributed by atoms with Crippen LogP contribution in [0.25, 0.3) is 0 Å². The molecule has 0 unspecified atom stereocenters. The highest BCUT2D eigenvalue weighted by molar-refractivity contribution is 7.07. The van der Waals surface area contributed by atoms with Gasteiger partial charge in [-0.25, -0.2) is 0 Å². The number of aromatic nitrogens is 2. The summed E-state index contributed by atoms with van der Waals surface area (Å²) in [6.45, 7) is 4.76. The van der Waals surface area contributed by atoms with Gasteiger partial charge in [-0.1, -0.05) is 0 Å². The molecule has 0 saturated heterocycles. The smallest absolute Gasteiger partial charge is 0.241 e. The van der Waals surface area contributed by atoms with Crippen molar-refractivity contribution in [1.29, 1.82) is 0 Å². The van der Waals surface area contributed by atoms with Crippen LogP contribution in [-0.2, 0) is 11.3 Å². The molecule has 5 nitrogen and oxygen atoms in total. The Morgan fingerprint density at radius 3 is 2.76 bits per heavy atom. The fourth-order valence-corrected chi connectivity index (χ4v) is 3.01. The number of rotatable bonds is 6. The molecule has 0 spiro atoms. The topological polar surface area (TPSA) is 50.2 Å². The predicted octanol–water partition coefficient (Wildman–Crippen LogP) is 1.98. The molecular formula is C15H22N4OS. The van der Waals surface area contributed by atoms with Crippen LogP contribution in [-0.4, -0.2) is 41.2 Å². The molecular weight excluding hydrogens is 284 g/mol. The van der Waals surface area contributed by atoms with Crippen LogP contribution >= 0.6 is 11.3 Å². The highest BCUT2D eigenvalue weighted by Gasteiger charge is 2.16. The molecule has 0 saturated carbocycles. The lowest BCUT2D eigenvalue weighted by Gasteiger charge is -2.24. The van der Waals surface area contributed by atoms with E-state index in [-0.39, 0.29) is 18.5 Å². The summed E-state index contributed by atoms with van der Waals surface area (Å²) in [7, 11) is 4.05. The van der Waals surface area contributed by atoms with Crippen LogP contribution in [0.1, 0.15) is 23.0 Å². The van der Waals surface area contributed by atoms with Crippen LogP contribution in [0.4, 0.5) is 0 Å². The Morgan fingerprint density at radius 1 is 1.48 bits per heavy atom. The number of thiophene rings is 1. The van der Waals surface area contributed by atoms with Gasteiger partial charge in [0.2, 0.25) is 5.91 Å². The zero-order valence-corrected chi connectivity index (χ0v) is 13.8. The van der Waals surface area contributed by atoms with E-state index in [4.69, 9.17) is 0 Å². The molecule has 0 aliphatic heterocycles. The molecule has 2 rings (SSSR count). The monoisotopic (exact) mass is 306 g/mol. The molecule has 2 aromatic rings. The van der Waals surface area contributed by atoms with E-state index >= 15 is 0 Å². The first-order valence-electron chi connectivity index (χ1n) is 6.93. The van der Waals surface area contributed by atoms with Crippen molar-refractivity contribution in [2.45, 2.75) is 26.4 Å². The molecule has 1 amide bonds. The van der Waals surface area contributed by atoms with E-state index < -0.39 is 0 Å². The second kappa shape index (κ2) is 6.87. The third-order valence-electron chi connectivity index (χ3n) is 3.44. The number of carbonyl (C=O) groups is 1. The third-order valence-corrected chi connectivity index (χ3v) is 4.14. The molecule has 2 heterocycles. The predicted molar refractivity (Wildman–Crippen MR) is 85.5 cm³/mol. The summed E-state index contributed by atoms with van der Waals surface area (Å²) in [6.07, 6.45) is 0. The van der Waals surface area contributed by atoms with Crippen LogP contribution in [0.5, 0.6) is 0 Å². The number of aryl methyl sites for hydroxylation is 2. The van der Waals surface area contributed by atoms with Gasteiger partial charge in [0, 0.05) is 12.2 Å². The van der Waals surface area contributed by atoms with Crippen molar-refractivity contribution in [3.8, 4) is 0 Å². The normalized spacial score (nSPS) is 12.6. The fraction of sp³-hybridized carbons (Fsp3) is 0.467. The van der Waals surface area contributed by atoms with Gasteiger partial charge in [0.15, 0.2) is 0 Å². The lowest BCUT2D eigenvalue weighted by Crippen LogP contribution is -2.36. The zero-order valence-electron chi connectivity index (χ0n) is 13.0. The highest BCUT2D eigenvalue weighted by Crippen LogP contribution is 2.19.